The van der Waals surface area contributed by atoms with Crippen LogP contribution in [0.1, 0.15) is 49.8 Å². The molecule has 0 aromatic heterocycles. The summed E-state index contributed by atoms with van der Waals surface area (Å²) < 4.78 is 5.42. The summed E-state index contributed by atoms with van der Waals surface area (Å²) in [5.74, 6) is 0.0651. The van der Waals surface area contributed by atoms with Crippen molar-refractivity contribution in [2.45, 2.75) is 45.6 Å². The minimum absolute atomic E-state index is 0.188. The van der Waals surface area contributed by atoms with Crippen LogP contribution in [0.25, 0.3) is 0 Å². The number of nitrogens with one attached hydrogen (secondary N) is 1. The summed E-state index contributed by atoms with van der Waals surface area (Å²) >= 11 is 0. The number of amides is 3. The standard InChI is InChI=1S/C26H36N4O4/c1-4-34-25(32)22-21(28(3)26(33)27-23(22)19-11-9-18(2)10-12-19)17-29-13-15-30(16-14-29)24(31)20-7-5-6-8-20/h9-12,20,23H,4-8,13-17H2,1-3H3,(H,27,33). The average molecular weight is 469 g/mol. The van der Waals surface area contributed by atoms with Gasteiger partial charge in [-0.3, -0.25) is 14.6 Å². The Morgan fingerprint density at radius 3 is 2.32 bits per heavy atom. The number of hydrogen-bond acceptors (Lipinski definition) is 5. The number of rotatable bonds is 6. The molecule has 0 radical (unpaired) electrons. The van der Waals surface area contributed by atoms with Crippen LogP contribution in [0.4, 0.5) is 4.79 Å². The molecule has 1 atom stereocenters. The number of hydrogen-bond donors (Lipinski definition) is 1. The lowest BCUT2D eigenvalue weighted by molar-refractivity contribution is -0.139. The number of piperazine rings is 1. The summed E-state index contributed by atoms with van der Waals surface area (Å²) in [7, 11) is 1.69. The summed E-state index contributed by atoms with van der Waals surface area (Å²) in [6.07, 6.45) is 4.32. The summed E-state index contributed by atoms with van der Waals surface area (Å²) in [6.45, 7) is 7.27. The maximum Gasteiger partial charge on any atom is 0.338 e. The number of carbonyl (C=O) groups excluding carboxylic acids is 3. The van der Waals surface area contributed by atoms with E-state index in [1.165, 1.54) is 4.90 Å². The van der Waals surface area contributed by atoms with Gasteiger partial charge in [-0.25, -0.2) is 9.59 Å². The van der Waals surface area contributed by atoms with Crippen molar-refractivity contribution in [3.63, 3.8) is 0 Å². The number of carbonyl (C=O) groups is 3. The van der Waals surface area contributed by atoms with E-state index in [2.05, 4.69) is 10.2 Å². The first-order valence-electron chi connectivity index (χ1n) is 12.4. The van der Waals surface area contributed by atoms with Crippen molar-refractivity contribution in [2.24, 2.45) is 5.92 Å². The lowest BCUT2D eigenvalue weighted by atomic mass is 9.93. The normalized spacial score (nSPS) is 22.2. The highest BCUT2D eigenvalue weighted by molar-refractivity contribution is 5.95. The average Bonchev–Trinajstić information content (AvgIpc) is 3.37. The van der Waals surface area contributed by atoms with Gasteiger partial charge in [0.05, 0.1) is 18.2 Å². The number of ether oxygens (including phenoxy) is 1. The van der Waals surface area contributed by atoms with Crippen molar-refractivity contribution in [3.8, 4) is 0 Å². The highest BCUT2D eigenvalue weighted by atomic mass is 16.5. The van der Waals surface area contributed by atoms with Crippen LogP contribution in [0.3, 0.4) is 0 Å². The molecule has 1 saturated heterocycles. The monoisotopic (exact) mass is 468 g/mol. The van der Waals surface area contributed by atoms with Crippen molar-refractivity contribution in [1.29, 1.82) is 0 Å². The molecule has 1 aliphatic carbocycles. The van der Waals surface area contributed by atoms with Gasteiger partial charge in [0.2, 0.25) is 5.91 Å². The summed E-state index contributed by atoms with van der Waals surface area (Å²) in [6, 6.07) is 7.02. The highest BCUT2D eigenvalue weighted by Crippen LogP contribution is 2.32. The first-order valence-corrected chi connectivity index (χ1v) is 12.4. The molecule has 4 rings (SSSR count). The predicted molar refractivity (Wildman–Crippen MR) is 129 cm³/mol. The molecule has 1 aromatic carbocycles. The van der Waals surface area contributed by atoms with Gasteiger partial charge in [-0.1, -0.05) is 42.7 Å². The fourth-order valence-electron chi connectivity index (χ4n) is 5.18. The number of urea groups is 1. The number of aryl methyl sites for hydroxylation is 1. The minimum atomic E-state index is -0.566. The number of benzene rings is 1. The molecule has 8 heteroatoms. The molecule has 1 N–H and O–H groups in total. The quantitative estimate of drug-likeness (QED) is 0.650. The molecule has 8 nitrogen and oxygen atoms in total. The molecule has 1 aromatic rings. The first kappa shape index (κ1) is 24.3. The van der Waals surface area contributed by atoms with Crippen molar-refractivity contribution in [3.05, 3.63) is 46.7 Å². The second-order valence-electron chi connectivity index (χ2n) is 9.52. The second-order valence-corrected chi connectivity index (χ2v) is 9.52. The Balaban J connectivity index is 1.55. The van der Waals surface area contributed by atoms with E-state index in [1.807, 2.05) is 36.1 Å². The highest BCUT2D eigenvalue weighted by Gasteiger charge is 2.38. The molecule has 2 fully saturated rings. The third-order valence-corrected chi connectivity index (χ3v) is 7.24. The van der Waals surface area contributed by atoms with E-state index < -0.39 is 12.0 Å². The molecule has 3 amide bonds. The molecule has 0 bridgehead atoms. The fourth-order valence-corrected chi connectivity index (χ4v) is 5.18. The Kier molecular flexibility index (Phi) is 7.56. The van der Waals surface area contributed by atoms with Crippen LogP contribution in [0.15, 0.2) is 35.5 Å². The van der Waals surface area contributed by atoms with E-state index in [0.717, 1.165) is 36.8 Å². The maximum absolute atomic E-state index is 13.1. The molecule has 1 saturated carbocycles. The van der Waals surface area contributed by atoms with E-state index in [9.17, 15) is 14.4 Å². The largest absolute Gasteiger partial charge is 0.463 e. The Bertz CT molecular complexity index is 944. The zero-order chi connectivity index (χ0) is 24.2. The molecule has 1 unspecified atom stereocenters. The summed E-state index contributed by atoms with van der Waals surface area (Å²) in [5.41, 5.74) is 3.08. The van der Waals surface area contributed by atoms with Crippen LogP contribution in [-0.2, 0) is 14.3 Å². The van der Waals surface area contributed by atoms with Crippen molar-refractivity contribution >= 4 is 17.9 Å². The number of esters is 1. The lowest BCUT2D eigenvalue weighted by Crippen LogP contribution is -2.53. The van der Waals surface area contributed by atoms with Crippen LogP contribution < -0.4 is 5.32 Å². The molecule has 3 aliphatic rings. The third-order valence-electron chi connectivity index (χ3n) is 7.24. The van der Waals surface area contributed by atoms with Crippen LogP contribution >= 0.6 is 0 Å². The van der Waals surface area contributed by atoms with E-state index in [0.29, 0.717) is 44.0 Å². The van der Waals surface area contributed by atoms with Gasteiger partial charge in [-0.2, -0.15) is 0 Å². The van der Waals surface area contributed by atoms with Gasteiger partial charge in [0.25, 0.3) is 0 Å². The van der Waals surface area contributed by atoms with Gasteiger partial charge in [0.1, 0.15) is 0 Å². The van der Waals surface area contributed by atoms with Crippen LogP contribution in [0.2, 0.25) is 0 Å². The zero-order valence-corrected chi connectivity index (χ0v) is 20.5. The fraction of sp³-hybridized carbons (Fsp3) is 0.577. The maximum atomic E-state index is 13.1. The van der Waals surface area contributed by atoms with Crippen LogP contribution in [0, 0.1) is 12.8 Å². The summed E-state index contributed by atoms with van der Waals surface area (Å²) in [4.78, 5) is 44.5. The Morgan fingerprint density at radius 1 is 1.06 bits per heavy atom. The smallest absolute Gasteiger partial charge is 0.338 e. The Labute approximate surface area is 201 Å². The molecule has 184 valence electrons. The number of nitrogens with zero attached hydrogens (tertiary/aromatic N) is 3. The van der Waals surface area contributed by atoms with Crippen LogP contribution in [0.5, 0.6) is 0 Å². The van der Waals surface area contributed by atoms with Crippen molar-refractivity contribution in [1.82, 2.24) is 20.0 Å². The molecule has 0 spiro atoms. The summed E-state index contributed by atoms with van der Waals surface area (Å²) in [5, 5.41) is 2.97. The molecule has 2 heterocycles. The Hall–Kier alpha value is -2.87. The first-order chi connectivity index (χ1) is 16.4. The van der Waals surface area contributed by atoms with Gasteiger partial charge in [0.15, 0.2) is 0 Å². The zero-order valence-electron chi connectivity index (χ0n) is 20.5. The third kappa shape index (κ3) is 5.12. The van der Waals surface area contributed by atoms with Crippen molar-refractivity contribution in [2.75, 3.05) is 46.4 Å². The number of likely N-dealkylation sites (N-methyl/N-ethyl adjacent to an activating group) is 1. The van der Waals surface area contributed by atoms with Crippen LogP contribution in [-0.4, -0.2) is 79.0 Å². The molecular weight excluding hydrogens is 432 g/mol. The second kappa shape index (κ2) is 10.6. The van der Waals surface area contributed by atoms with E-state index in [4.69, 9.17) is 4.74 Å². The Morgan fingerprint density at radius 2 is 1.71 bits per heavy atom. The van der Waals surface area contributed by atoms with Crippen molar-refractivity contribution < 1.29 is 19.1 Å². The SMILES string of the molecule is CCOC(=O)C1=C(CN2CCN(C(=O)C3CCCC3)CC2)N(C)C(=O)NC1c1ccc(C)cc1. The lowest BCUT2D eigenvalue weighted by Gasteiger charge is -2.40. The topological polar surface area (TPSA) is 82.2 Å². The van der Waals surface area contributed by atoms with E-state index in [-0.39, 0.29) is 24.5 Å². The van der Waals surface area contributed by atoms with Gasteiger partial charge in [0, 0.05) is 51.4 Å². The molecule has 2 aliphatic heterocycles. The van der Waals surface area contributed by atoms with E-state index >= 15 is 0 Å². The van der Waals surface area contributed by atoms with Gasteiger partial charge >= 0.3 is 12.0 Å². The van der Waals surface area contributed by atoms with Gasteiger partial charge in [-0.05, 0) is 32.3 Å². The predicted octanol–water partition coefficient (Wildman–Crippen LogP) is 2.84. The van der Waals surface area contributed by atoms with Gasteiger partial charge in [-0.15, -0.1) is 0 Å². The molecule has 34 heavy (non-hydrogen) atoms. The minimum Gasteiger partial charge on any atom is -0.463 e. The van der Waals surface area contributed by atoms with Gasteiger partial charge < -0.3 is 15.0 Å². The molecular formula is C26H36N4O4. The van der Waals surface area contributed by atoms with E-state index in [1.54, 1.807) is 14.0 Å².